The van der Waals surface area contributed by atoms with Crippen molar-refractivity contribution in [3.8, 4) is 0 Å². The zero-order chi connectivity index (χ0) is 10.1. The molecule has 1 heterocycles. The molecular formula is C10H7ClO3. The number of aliphatic hydroxyl groups is 1. The van der Waals surface area contributed by atoms with Crippen LogP contribution in [0.25, 0.3) is 11.0 Å². The van der Waals surface area contributed by atoms with Gasteiger partial charge in [0.05, 0.1) is 17.6 Å². The van der Waals surface area contributed by atoms with E-state index in [-0.39, 0.29) is 17.6 Å². The molecule has 2 rings (SSSR count). The van der Waals surface area contributed by atoms with Gasteiger partial charge in [0, 0.05) is 11.1 Å². The van der Waals surface area contributed by atoms with Crippen molar-refractivity contribution in [2.45, 2.75) is 6.61 Å². The van der Waals surface area contributed by atoms with Crippen LogP contribution in [0.5, 0.6) is 0 Å². The minimum atomic E-state index is -0.319. The predicted octanol–water partition coefficient (Wildman–Crippen LogP) is 1.94. The summed E-state index contributed by atoms with van der Waals surface area (Å²) in [6.07, 6.45) is 1.25. The van der Waals surface area contributed by atoms with E-state index in [2.05, 4.69) is 0 Å². The zero-order valence-corrected chi connectivity index (χ0v) is 7.91. The van der Waals surface area contributed by atoms with E-state index in [0.29, 0.717) is 16.0 Å². The van der Waals surface area contributed by atoms with Crippen molar-refractivity contribution in [2.75, 3.05) is 0 Å². The summed E-state index contributed by atoms with van der Waals surface area (Å²) >= 11 is 5.73. The summed E-state index contributed by atoms with van der Waals surface area (Å²) in [6, 6.07) is 4.77. The zero-order valence-electron chi connectivity index (χ0n) is 7.16. The Kier molecular flexibility index (Phi) is 2.27. The van der Waals surface area contributed by atoms with Gasteiger partial charge in [-0.1, -0.05) is 11.6 Å². The summed E-state index contributed by atoms with van der Waals surface area (Å²) in [5.74, 6) is 0. The van der Waals surface area contributed by atoms with Crippen LogP contribution < -0.4 is 5.43 Å². The minimum absolute atomic E-state index is 0.217. The molecule has 0 saturated carbocycles. The summed E-state index contributed by atoms with van der Waals surface area (Å²) < 4.78 is 5.15. The van der Waals surface area contributed by atoms with Crippen molar-refractivity contribution in [1.82, 2.24) is 0 Å². The van der Waals surface area contributed by atoms with Crippen molar-refractivity contribution in [3.05, 3.63) is 45.3 Å². The summed E-state index contributed by atoms with van der Waals surface area (Å²) in [5.41, 5.74) is 0.463. The Labute approximate surface area is 84.5 Å². The highest BCUT2D eigenvalue weighted by atomic mass is 35.5. The van der Waals surface area contributed by atoms with Crippen molar-refractivity contribution >= 4 is 22.6 Å². The second-order valence-corrected chi connectivity index (χ2v) is 3.33. The van der Waals surface area contributed by atoms with Gasteiger partial charge in [-0.15, -0.1) is 0 Å². The van der Waals surface area contributed by atoms with E-state index in [1.54, 1.807) is 18.2 Å². The number of halogens is 1. The van der Waals surface area contributed by atoms with Crippen LogP contribution in [-0.4, -0.2) is 5.11 Å². The highest BCUT2D eigenvalue weighted by Crippen LogP contribution is 2.17. The first-order chi connectivity index (χ1) is 6.72. The summed E-state index contributed by atoms with van der Waals surface area (Å²) in [4.78, 5) is 11.6. The van der Waals surface area contributed by atoms with Crippen molar-refractivity contribution in [3.63, 3.8) is 0 Å². The van der Waals surface area contributed by atoms with Gasteiger partial charge in [-0.05, 0) is 12.1 Å². The van der Waals surface area contributed by atoms with Gasteiger partial charge in [-0.2, -0.15) is 0 Å². The van der Waals surface area contributed by atoms with E-state index < -0.39 is 0 Å². The Morgan fingerprint density at radius 1 is 1.43 bits per heavy atom. The molecule has 0 unspecified atom stereocenters. The second-order valence-electron chi connectivity index (χ2n) is 2.89. The standard InChI is InChI=1S/C10H7ClO3/c11-7-1-2-8-9(3-7)14-5-6(4-12)10(8)13/h1-3,5,12H,4H2. The molecule has 72 valence electrons. The molecule has 0 saturated heterocycles. The van der Waals surface area contributed by atoms with Crippen LogP contribution >= 0.6 is 11.6 Å². The molecule has 0 fully saturated rings. The van der Waals surface area contributed by atoms with Crippen LogP contribution in [0.3, 0.4) is 0 Å². The monoisotopic (exact) mass is 210 g/mol. The Bertz CT molecular complexity index is 530. The molecule has 1 aromatic heterocycles. The molecule has 0 spiro atoms. The molecule has 0 aliphatic carbocycles. The maximum atomic E-state index is 11.6. The number of fused-ring (bicyclic) bond motifs is 1. The van der Waals surface area contributed by atoms with Crippen LogP contribution in [0.1, 0.15) is 5.56 Å². The third-order valence-electron chi connectivity index (χ3n) is 1.98. The van der Waals surface area contributed by atoms with Gasteiger partial charge >= 0.3 is 0 Å². The smallest absolute Gasteiger partial charge is 0.198 e. The van der Waals surface area contributed by atoms with E-state index in [1.807, 2.05) is 0 Å². The first kappa shape index (κ1) is 9.24. The second kappa shape index (κ2) is 3.44. The van der Waals surface area contributed by atoms with Crippen molar-refractivity contribution in [2.24, 2.45) is 0 Å². The molecular weight excluding hydrogens is 204 g/mol. The van der Waals surface area contributed by atoms with E-state index >= 15 is 0 Å². The highest BCUT2D eigenvalue weighted by Gasteiger charge is 2.05. The van der Waals surface area contributed by atoms with Gasteiger partial charge in [0.2, 0.25) is 0 Å². The quantitative estimate of drug-likeness (QED) is 0.783. The molecule has 2 aromatic rings. The van der Waals surface area contributed by atoms with Gasteiger partial charge in [0.1, 0.15) is 11.8 Å². The number of benzene rings is 1. The fourth-order valence-corrected chi connectivity index (χ4v) is 1.41. The van der Waals surface area contributed by atoms with E-state index in [0.717, 1.165) is 0 Å². The van der Waals surface area contributed by atoms with Gasteiger partial charge in [0.15, 0.2) is 5.43 Å². The molecule has 1 aromatic carbocycles. The topological polar surface area (TPSA) is 50.4 Å². The Morgan fingerprint density at radius 2 is 2.21 bits per heavy atom. The number of hydrogen-bond donors (Lipinski definition) is 1. The van der Waals surface area contributed by atoms with Crippen LogP contribution in [0.2, 0.25) is 5.02 Å². The van der Waals surface area contributed by atoms with Gasteiger partial charge in [0.25, 0.3) is 0 Å². The van der Waals surface area contributed by atoms with Crippen molar-refractivity contribution in [1.29, 1.82) is 0 Å². The van der Waals surface area contributed by atoms with E-state index in [1.165, 1.54) is 6.26 Å². The predicted molar refractivity (Wildman–Crippen MR) is 53.4 cm³/mol. The van der Waals surface area contributed by atoms with Crippen LogP contribution in [-0.2, 0) is 6.61 Å². The molecule has 0 bridgehead atoms. The maximum Gasteiger partial charge on any atom is 0.198 e. The lowest BCUT2D eigenvalue weighted by Gasteiger charge is -1.99. The van der Waals surface area contributed by atoms with E-state index in [4.69, 9.17) is 21.1 Å². The number of aliphatic hydroxyl groups excluding tert-OH is 1. The maximum absolute atomic E-state index is 11.6. The average Bonchev–Trinajstić information content (AvgIpc) is 2.18. The summed E-state index contributed by atoms with van der Waals surface area (Å²) in [6.45, 7) is -0.319. The average molecular weight is 211 g/mol. The molecule has 0 aliphatic heterocycles. The summed E-state index contributed by atoms with van der Waals surface area (Å²) in [7, 11) is 0. The Balaban J connectivity index is 2.84. The van der Waals surface area contributed by atoms with Gasteiger partial charge in [-0.3, -0.25) is 4.79 Å². The van der Waals surface area contributed by atoms with Crippen LogP contribution in [0.4, 0.5) is 0 Å². The third-order valence-corrected chi connectivity index (χ3v) is 2.21. The highest BCUT2D eigenvalue weighted by molar-refractivity contribution is 6.31. The summed E-state index contributed by atoms with van der Waals surface area (Å²) in [5, 5.41) is 9.79. The molecule has 14 heavy (non-hydrogen) atoms. The first-order valence-corrected chi connectivity index (χ1v) is 4.41. The first-order valence-electron chi connectivity index (χ1n) is 4.03. The molecule has 1 N–H and O–H groups in total. The van der Waals surface area contributed by atoms with Gasteiger partial charge < -0.3 is 9.52 Å². The van der Waals surface area contributed by atoms with Crippen LogP contribution in [0, 0.1) is 0 Å². The Morgan fingerprint density at radius 3 is 2.93 bits per heavy atom. The molecule has 4 heteroatoms. The largest absolute Gasteiger partial charge is 0.464 e. The number of rotatable bonds is 1. The normalized spacial score (nSPS) is 10.7. The van der Waals surface area contributed by atoms with E-state index in [9.17, 15) is 4.79 Å². The molecule has 0 radical (unpaired) electrons. The molecule has 0 amide bonds. The molecule has 3 nitrogen and oxygen atoms in total. The lowest BCUT2D eigenvalue weighted by Crippen LogP contribution is -2.07. The fraction of sp³-hybridized carbons (Fsp3) is 0.100. The lowest BCUT2D eigenvalue weighted by atomic mass is 10.2. The fourth-order valence-electron chi connectivity index (χ4n) is 1.25. The Hall–Kier alpha value is -1.32. The van der Waals surface area contributed by atoms with Crippen LogP contribution in [0.15, 0.2) is 33.7 Å². The van der Waals surface area contributed by atoms with Crippen molar-refractivity contribution < 1.29 is 9.52 Å². The number of hydrogen-bond acceptors (Lipinski definition) is 3. The lowest BCUT2D eigenvalue weighted by molar-refractivity contribution is 0.277. The minimum Gasteiger partial charge on any atom is -0.464 e. The van der Waals surface area contributed by atoms with Gasteiger partial charge in [-0.25, -0.2) is 0 Å². The molecule has 0 atom stereocenters. The third kappa shape index (κ3) is 1.41. The molecule has 0 aliphatic rings. The SMILES string of the molecule is O=c1c(CO)coc2cc(Cl)ccc12.